The molecular weight excluding hydrogens is 344 g/mol. The maximum atomic E-state index is 12.4. The third-order valence-corrected chi connectivity index (χ3v) is 4.52. The molecule has 0 fully saturated rings. The monoisotopic (exact) mass is 360 g/mol. The van der Waals surface area contributed by atoms with Crippen molar-refractivity contribution in [1.29, 1.82) is 0 Å². The summed E-state index contributed by atoms with van der Waals surface area (Å²) in [6, 6.07) is 17.4. The number of methoxy groups -OCH3 is 1. The van der Waals surface area contributed by atoms with Gasteiger partial charge < -0.3 is 13.9 Å². The minimum absolute atomic E-state index is 0.349. The van der Waals surface area contributed by atoms with Crippen molar-refractivity contribution in [3.8, 4) is 11.5 Å². The van der Waals surface area contributed by atoms with Crippen LogP contribution >= 0.6 is 0 Å². The average molecular weight is 360 g/mol. The van der Waals surface area contributed by atoms with E-state index < -0.39 is 11.6 Å². The Balaban J connectivity index is 1.76. The largest absolute Gasteiger partial charge is 0.497 e. The van der Waals surface area contributed by atoms with E-state index >= 15 is 0 Å². The van der Waals surface area contributed by atoms with Crippen molar-refractivity contribution in [1.82, 2.24) is 0 Å². The lowest BCUT2D eigenvalue weighted by atomic mass is 10.0. The smallest absolute Gasteiger partial charge is 0.344 e. The van der Waals surface area contributed by atoms with Crippen molar-refractivity contribution in [3.63, 3.8) is 0 Å². The number of carbonyl (C=O) groups is 1. The molecule has 4 aromatic rings. The van der Waals surface area contributed by atoms with Crippen molar-refractivity contribution in [2.24, 2.45) is 0 Å². The van der Waals surface area contributed by atoms with Crippen molar-refractivity contribution in [3.05, 3.63) is 82.2 Å². The fourth-order valence-electron chi connectivity index (χ4n) is 3.06. The summed E-state index contributed by atoms with van der Waals surface area (Å²) in [6.45, 7) is 1.76. The Bertz CT molecular complexity index is 1220. The Labute approximate surface area is 154 Å². The first-order chi connectivity index (χ1) is 13.1. The highest BCUT2D eigenvalue weighted by molar-refractivity contribution is 6.05. The summed E-state index contributed by atoms with van der Waals surface area (Å²) in [5.74, 6) is 0.507. The number of hydrogen-bond acceptors (Lipinski definition) is 5. The van der Waals surface area contributed by atoms with E-state index in [1.165, 1.54) is 0 Å². The normalized spacial score (nSPS) is 10.9. The fourth-order valence-corrected chi connectivity index (χ4v) is 3.06. The molecule has 0 aliphatic rings. The molecule has 3 aromatic carbocycles. The van der Waals surface area contributed by atoms with Crippen molar-refractivity contribution < 1.29 is 18.7 Å². The zero-order chi connectivity index (χ0) is 19.0. The molecule has 1 heterocycles. The van der Waals surface area contributed by atoms with Crippen molar-refractivity contribution in [2.45, 2.75) is 6.92 Å². The summed E-state index contributed by atoms with van der Waals surface area (Å²) in [5.41, 5.74) is 0.992. The summed E-state index contributed by atoms with van der Waals surface area (Å²) in [6.07, 6.45) is 0. The van der Waals surface area contributed by atoms with Crippen LogP contribution in [0.15, 0.2) is 69.9 Å². The van der Waals surface area contributed by atoms with Gasteiger partial charge in [-0.3, -0.25) is 0 Å². The lowest BCUT2D eigenvalue weighted by Gasteiger charge is -2.10. The van der Waals surface area contributed by atoms with Gasteiger partial charge in [0, 0.05) is 10.9 Å². The number of esters is 1. The van der Waals surface area contributed by atoms with Gasteiger partial charge in [0.25, 0.3) is 0 Å². The van der Waals surface area contributed by atoms with E-state index in [4.69, 9.17) is 13.9 Å². The van der Waals surface area contributed by atoms with Crippen LogP contribution in [-0.2, 0) is 0 Å². The molecular formula is C22H16O5. The second-order valence-corrected chi connectivity index (χ2v) is 6.12. The average Bonchev–Trinajstić information content (AvgIpc) is 2.71. The van der Waals surface area contributed by atoms with E-state index in [2.05, 4.69) is 0 Å². The second-order valence-electron chi connectivity index (χ2n) is 6.12. The van der Waals surface area contributed by atoms with E-state index in [9.17, 15) is 9.59 Å². The molecule has 0 atom stereocenters. The topological polar surface area (TPSA) is 65.7 Å². The number of hydrogen-bond donors (Lipinski definition) is 0. The highest BCUT2D eigenvalue weighted by Crippen LogP contribution is 2.31. The van der Waals surface area contributed by atoms with Gasteiger partial charge in [-0.1, -0.05) is 18.2 Å². The lowest BCUT2D eigenvalue weighted by Crippen LogP contribution is -2.09. The van der Waals surface area contributed by atoms with E-state index in [1.807, 2.05) is 12.1 Å². The van der Waals surface area contributed by atoms with Crippen LogP contribution in [0.2, 0.25) is 0 Å². The first-order valence-electron chi connectivity index (χ1n) is 8.40. The molecule has 0 aliphatic heterocycles. The first kappa shape index (κ1) is 16.8. The van der Waals surface area contributed by atoms with Crippen LogP contribution in [0.5, 0.6) is 11.5 Å². The van der Waals surface area contributed by atoms with Crippen LogP contribution in [0, 0.1) is 6.92 Å². The minimum Gasteiger partial charge on any atom is -0.497 e. The number of fused-ring (bicyclic) bond motifs is 3. The molecule has 0 aliphatic carbocycles. The van der Waals surface area contributed by atoms with Crippen LogP contribution in [-0.4, -0.2) is 13.1 Å². The van der Waals surface area contributed by atoms with Gasteiger partial charge in [0.05, 0.1) is 18.1 Å². The Morgan fingerprint density at radius 1 is 0.889 bits per heavy atom. The van der Waals surface area contributed by atoms with Crippen LogP contribution in [0.3, 0.4) is 0 Å². The van der Waals surface area contributed by atoms with Gasteiger partial charge >= 0.3 is 11.6 Å². The van der Waals surface area contributed by atoms with Crippen molar-refractivity contribution in [2.75, 3.05) is 7.11 Å². The summed E-state index contributed by atoms with van der Waals surface area (Å²) >= 11 is 0. The van der Waals surface area contributed by atoms with Crippen molar-refractivity contribution >= 4 is 27.7 Å². The highest BCUT2D eigenvalue weighted by Gasteiger charge is 2.15. The molecule has 0 saturated heterocycles. The summed E-state index contributed by atoms with van der Waals surface area (Å²) < 4.78 is 16.1. The molecule has 0 radical (unpaired) electrons. The third-order valence-electron chi connectivity index (χ3n) is 4.52. The maximum Gasteiger partial charge on any atom is 0.344 e. The van der Waals surface area contributed by atoms with Gasteiger partial charge in [-0.05, 0) is 54.8 Å². The van der Waals surface area contributed by atoms with E-state index in [0.29, 0.717) is 33.6 Å². The zero-order valence-corrected chi connectivity index (χ0v) is 14.8. The molecule has 0 amide bonds. The van der Waals surface area contributed by atoms with Gasteiger partial charge in [-0.25, -0.2) is 9.59 Å². The fraction of sp³-hybridized carbons (Fsp3) is 0.0909. The predicted molar refractivity (Wildman–Crippen MR) is 103 cm³/mol. The van der Waals surface area contributed by atoms with E-state index in [0.717, 1.165) is 10.8 Å². The molecule has 4 rings (SSSR count). The summed E-state index contributed by atoms with van der Waals surface area (Å²) in [5, 5.41) is 2.12. The maximum absolute atomic E-state index is 12.4. The third kappa shape index (κ3) is 2.93. The van der Waals surface area contributed by atoms with Crippen LogP contribution < -0.4 is 15.1 Å². The molecule has 0 saturated carbocycles. The molecule has 5 heteroatoms. The zero-order valence-electron chi connectivity index (χ0n) is 14.8. The number of ether oxygens (including phenoxy) is 2. The molecule has 134 valence electrons. The van der Waals surface area contributed by atoms with Crippen LogP contribution in [0.25, 0.3) is 21.7 Å². The summed E-state index contributed by atoms with van der Waals surface area (Å²) in [7, 11) is 1.56. The minimum atomic E-state index is -0.497. The Kier molecular flexibility index (Phi) is 4.12. The molecule has 0 bridgehead atoms. The van der Waals surface area contributed by atoms with E-state index in [1.54, 1.807) is 62.6 Å². The quantitative estimate of drug-likeness (QED) is 0.233. The predicted octanol–water partition coefficient (Wildman–Crippen LogP) is 4.48. The van der Waals surface area contributed by atoms with Gasteiger partial charge in [-0.2, -0.15) is 0 Å². The first-order valence-corrected chi connectivity index (χ1v) is 8.40. The summed E-state index contributed by atoms with van der Waals surface area (Å²) in [4.78, 5) is 24.7. The molecule has 27 heavy (non-hydrogen) atoms. The molecule has 5 nitrogen and oxygen atoms in total. The van der Waals surface area contributed by atoms with Gasteiger partial charge in [0.2, 0.25) is 0 Å². The standard InChI is InChI=1S/C22H16O5/c1-13-19(26-21(23)14-7-9-15(25-2)10-8-14)12-11-17-16-5-3-4-6-18(16)22(24)27-20(13)17/h3-12H,1-2H3. The Morgan fingerprint density at radius 3 is 2.30 bits per heavy atom. The Hall–Kier alpha value is -3.60. The Morgan fingerprint density at radius 2 is 1.59 bits per heavy atom. The molecule has 1 aromatic heterocycles. The second kappa shape index (κ2) is 6.61. The number of carbonyl (C=O) groups excluding carboxylic acids is 1. The highest BCUT2D eigenvalue weighted by atomic mass is 16.5. The molecule has 0 unspecified atom stereocenters. The molecule has 0 N–H and O–H groups in total. The van der Waals surface area contributed by atoms with Gasteiger partial charge in [0.15, 0.2) is 0 Å². The SMILES string of the molecule is COc1ccc(C(=O)Oc2ccc3c(oc(=O)c4ccccc43)c2C)cc1. The number of benzene rings is 3. The van der Waals surface area contributed by atoms with Gasteiger partial charge in [0.1, 0.15) is 17.1 Å². The number of rotatable bonds is 3. The van der Waals surface area contributed by atoms with E-state index in [-0.39, 0.29) is 0 Å². The lowest BCUT2D eigenvalue weighted by molar-refractivity contribution is 0.0733. The molecule has 0 spiro atoms. The van der Waals surface area contributed by atoms with Crippen LogP contribution in [0.4, 0.5) is 0 Å². The number of aryl methyl sites for hydroxylation is 1. The van der Waals surface area contributed by atoms with Crippen LogP contribution in [0.1, 0.15) is 15.9 Å². The van der Waals surface area contributed by atoms with Gasteiger partial charge in [-0.15, -0.1) is 0 Å².